The molecule has 0 aromatic heterocycles. The molecule has 2 rings (SSSR count). The lowest BCUT2D eigenvalue weighted by molar-refractivity contribution is 0.283. The van der Waals surface area contributed by atoms with Gasteiger partial charge in [-0.1, -0.05) is 19.3 Å². The zero-order chi connectivity index (χ0) is 11.6. The molecule has 0 bridgehead atoms. The average molecular weight is 246 g/mol. The second-order valence-corrected chi connectivity index (χ2v) is 7.24. The molecule has 1 aliphatic carbocycles. The summed E-state index contributed by atoms with van der Waals surface area (Å²) in [5.74, 6) is 0. The van der Waals surface area contributed by atoms with E-state index in [1.54, 1.807) is 11.4 Å². The Morgan fingerprint density at radius 2 is 1.81 bits per heavy atom. The number of nitrogens with zero attached hydrogens (tertiary/aromatic N) is 1. The van der Waals surface area contributed by atoms with Gasteiger partial charge in [0.2, 0.25) is 10.0 Å². The third-order valence-corrected chi connectivity index (χ3v) is 6.27. The van der Waals surface area contributed by atoms with Gasteiger partial charge in [-0.2, -0.15) is 0 Å². The molecule has 0 amide bonds. The van der Waals surface area contributed by atoms with Gasteiger partial charge in [-0.15, -0.1) is 0 Å². The Morgan fingerprint density at radius 3 is 2.38 bits per heavy atom. The predicted molar refractivity (Wildman–Crippen MR) is 64.8 cm³/mol. The van der Waals surface area contributed by atoms with Crippen molar-refractivity contribution in [2.45, 2.75) is 49.8 Å². The van der Waals surface area contributed by atoms with Gasteiger partial charge < -0.3 is 5.32 Å². The van der Waals surface area contributed by atoms with Crippen molar-refractivity contribution in [3.63, 3.8) is 0 Å². The monoisotopic (exact) mass is 246 g/mol. The Bertz CT molecular complexity index is 317. The van der Waals surface area contributed by atoms with Crippen molar-refractivity contribution in [2.75, 3.05) is 20.1 Å². The first-order valence-corrected chi connectivity index (χ1v) is 7.80. The van der Waals surface area contributed by atoms with E-state index in [1.165, 1.54) is 19.3 Å². The first kappa shape index (κ1) is 12.3. The maximum absolute atomic E-state index is 12.3. The minimum absolute atomic E-state index is 0.195. The highest BCUT2D eigenvalue weighted by Crippen LogP contribution is 2.26. The number of nitrogens with one attached hydrogen (secondary N) is 1. The molecule has 0 aromatic rings. The van der Waals surface area contributed by atoms with Crippen LogP contribution in [0.25, 0.3) is 0 Å². The third-order valence-electron chi connectivity index (χ3n) is 3.93. The van der Waals surface area contributed by atoms with Crippen LogP contribution in [0.15, 0.2) is 0 Å². The van der Waals surface area contributed by atoms with Gasteiger partial charge in [-0.05, 0) is 25.8 Å². The zero-order valence-electron chi connectivity index (χ0n) is 9.98. The molecule has 1 heterocycles. The van der Waals surface area contributed by atoms with Crippen LogP contribution in [0.5, 0.6) is 0 Å². The standard InChI is InChI=1S/C11H22N2O2S/c1-13(10-5-3-2-4-6-10)16(14,15)11-7-8-12-9-11/h10-12H,2-9H2,1H3. The molecular weight excluding hydrogens is 224 g/mol. The first-order chi connectivity index (χ1) is 7.62. The van der Waals surface area contributed by atoms with Crippen molar-refractivity contribution in [2.24, 2.45) is 0 Å². The topological polar surface area (TPSA) is 49.4 Å². The van der Waals surface area contributed by atoms with E-state index >= 15 is 0 Å². The summed E-state index contributed by atoms with van der Waals surface area (Å²) >= 11 is 0. The lowest BCUT2D eigenvalue weighted by Gasteiger charge is -2.32. The highest BCUT2D eigenvalue weighted by Gasteiger charge is 2.35. The second-order valence-electron chi connectivity index (χ2n) is 4.97. The summed E-state index contributed by atoms with van der Waals surface area (Å²) in [4.78, 5) is 0. The van der Waals surface area contributed by atoms with E-state index in [9.17, 15) is 8.42 Å². The molecule has 1 saturated carbocycles. The summed E-state index contributed by atoms with van der Waals surface area (Å²) in [6, 6.07) is 0.249. The molecule has 1 unspecified atom stereocenters. The maximum Gasteiger partial charge on any atom is 0.218 e. The molecule has 0 aromatic carbocycles. The summed E-state index contributed by atoms with van der Waals surface area (Å²) in [6.45, 7) is 1.46. The van der Waals surface area contributed by atoms with E-state index in [-0.39, 0.29) is 11.3 Å². The van der Waals surface area contributed by atoms with Crippen LogP contribution >= 0.6 is 0 Å². The van der Waals surface area contributed by atoms with E-state index < -0.39 is 10.0 Å². The lowest BCUT2D eigenvalue weighted by atomic mass is 9.96. The summed E-state index contributed by atoms with van der Waals surface area (Å²) < 4.78 is 26.3. The predicted octanol–water partition coefficient (Wildman–Crippen LogP) is 0.943. The first-order valence-electron chi connectivity index (χ1n) is 6.30. The summed E-state index contributed by atoms with van der Waals surface area (Å²) in [6.07, 6.45) is 6.45. The van der Waals surface area contributed by atoms with Crippen molar-refractivity contribution in [3.8, 4) is 0 Å². The Balaban J connectivity index is 2.03. The molecule has 0 radical (unpaired) electrons. The van der Waals surface area contributed by atoms with Gasteiger partial charge in [-0.25, -0.2) is 12.7 Å². The normalized spacial score (nSPS) is 28.8. The van der Waals surface area contributed by atoms with E-state index in [4.69, 9.17) is 0 Å². The SMILES string of the molecule is CN(C1CCCCC1)S(=O)(=O)C1CCNC1. The van der Waals surface area contributed by atoms with Gasteiger partial charge in [-0.3, -0.25) is 0 Å². The van der Waals surface area contributed by atoms with E-state index in [2.05, 4.69) is 5.32 Å². The molecule has 1 atom stereocenters. The largest absolute Gasteiger partial charge is 0.315 e. The van der Waals surface area contributed by atoms with Crippen molar-refractivity contribution in [1.82, 2.24) is 9.62 Å². The minimum Gasteiger partial charge on any atom is -0.315 e. The third kappa shape index (κ3) is 2.41. The summed E-state index contributed by atoms with van der Waals surface area (Å²) in [5.41, 5.74) is 0. The number of sulfonamides is 1. The molecule has 0 spiro atoms. The van der Waals surface area contributed by atoms with Crippen molar-refractivity contribution in [1.29, 1.82) is 0 Å². The molecule has 94 valence electrons. The smallest absolute Gasteiger partial charge is 0.218 e. The molecular formula is C11H22N2O2S. The number of hydrogen-bond donors (Lipinski definition) is 1. The quantitative estimate of drug-likeness (QED) is 0.806. The highest BCUT2D eigenvalue weighted by molar-refractivity contribution is 7.89. The van der Waals surface area contributed by atoms with Crippen LogP contribution < -0.4 is 5.32 Å². The van der Waals surface area contributed by atoms with Crippen molar-refractivity contribution in [3.05, 3.63) is 0 Å². The van der Waals surface area contributed by atoms with Crippen LogP contribution in [0.4, 0.5) is 0 Å². The van der Waals surface area contributed by atoms with Gasteiger partial charge >= 0.3 is 0 Å². The minimum atomic E-state index is -3.07. The van der Waals surface area contributed by atoms with Crippen LogP contribution in [0.3, 0.4) is 0 Å². The Labute approximate surface area is 98.4 Å². The Morgan fingerprint density at radius 1 is 1.12 bits per heavy atom. The van der Waals surface area contributed by atoms with Crippen LogP contribution in [-0.4, -0.2) is 44.2 Å². The van der Waals surface area contributed by atoms with Crippen molar-refractivity contribution < 1.29 is 8.42 Å². The lowest BCUT2D eigenvalue weighted by Crippen LogP contribution is -2.44. The molecule has 5 heteroatoms. The van der Waals surface area contributed by atoms with E-state index in [0.717, 1.165) is 25.8 Å². The number of hydrogen-bond acceptors (Lipinski definition) is 3. The maximum atomic E-state index is 12.3. The van der Waals surface area contributed by atoms with Crippen molar-refractivity contribution >= 4 is 10.0 Å². The van der Waals surface area contributed by atoms with E-state index in [1.807, 2.05) is 0 Å². The highest BCUT2D eigenvalue weighted by atomic mass is 32.2. The van der Waals surface area contributed by atoms with Gasteiger partial charge in [0, 0.05) is 19.6 Å². The fourth-order valence-electron chi connectivity index (χ4n) is 2.77. The van der Waals surface area contributed by atoms with Gasteiger partial charge in [0.25, 0.3) is 0 Å². The average Bonchev–Trinajstić information content (AvgIpc) is 2.83. The molecule has 1 N–H and O–H groups in total. The van der Waals surface area contributed by atoms with Crippen LogP contribution in [0, 0.1) is 0 Å². The summed E-state index contributed by atoms with van der Waals surface area (Å²) in [7, 11) is -1.30. The zero-order valence-corrected chi connectivity index (χ0v) is 10.8. The second kappa shape index (κ2) is 5.02. The Hall–Kier alpha value is -0.130. The van der Waals surface area contributed by atoms with Gasteiger partial charge in [0.1, 0.15) is 0 Å². The summed E-state index contributed by atoms with van der Waals surface area (Å²) in [5, 5.41) is 2.94. The molecule has 1 saturated heterocycles. The molecule has 2 aliphatic rings. The molecule has 16 heavy (non-hydrogen) atoms. The fraction of sp³-hybridized carbons (Fsp3) is 1.00. The number of rotatable bonds is 3. The molecule has 1 aliphatic heterocycles. The van der Waals surface area contributed by atoms with Gasteiger partial charge in [0.15, 0.2) is 0 Å². The van der Waals surface area contributed by atoms with Crippen LogP contribution in [0.1, 0.15) is 38.5 Å². The molecule has 4 nitrogen and oxygen atoms in total. The Kier molecular flexibility index (Phi) is 3.87. The molecule has 2 fully saturated rings. The van der Waals surface area contributed by atoms with Crippen LogP contribution in [-0.2, 0) is 10.0 Å². The van der Waals surface area contributed by atoms with Crippen LogP contribution in [0.2, 0.25) is 0 Å². The van der Waals surface area contributed by atoms with Gasteiger partial charge in [0.05, 0.1) is 5.25 Å². The fourth-order valence-corrected chi connectivity index (χ4v) is 4.61. The van der Waals surface area contributed by atoms with E-state index in [0.29, 0.717) is 6.54 Å².